The highest BCUT2D eigenvalue weighted by Crippen LogP contribution is 2.26. The largest absolute Gasteiger partial charge is 0.214 e. The second-order valence-corrected chi connectivity index (χ2v) is 7.96. The maximum Gasteiger partial charge on any atom is 0.214 e. The second kappa shape index (κ2) is 6.23. The number of rotatable bonds is 4. The van der Waals surface area contributed by atoms with Crippen LogP contribution in [0, 0.1) is 0 Å². The summed E-state index contributed by atoms with van der Waals surface area (Å²) in [5, 5.41) is 0. The van der Waals surface area contributed by atoms with Crippen LogP contribution >= 0.6 is 0 Å². The highest BCUT2D eigenvalue weighted by atomic mass is 32.2. The Morgan fingerprint density at radius 2 is 1.64 bits per heavy atom. The molecule has 2 aromatic carbocycles. The zero-order valence-corrected chi connectivity index (χ0v) is 13.6. The van der Waals surface area contributed by atoms with E-state index in [1.165, 1.54) is 5.56 Å². The molecule has 4 heteroatoms. The molecule has 22 heavy (non-hydrogen) atoms. The SMILES string of the molecule is CC1Cc2ccccc2CN1S(=O)(=O)CCc1ccccc1. The van der Waals surface area contributed by atoms with Gasteiger partial charge in [0.15, 0.2) is 0 Å². The summed E-state index contributed by atoms with van der Waals surface area (Å²) in [4.78, 5) is 0. The number of sulfonamides is 1. The van der Waals surface area contributed by atoms with E-state index in [4.69, 9.17) is 0 Å². The molecule has 116 valence electrons. The number of hydrogen-bond acceptors (Lipinski definition) is 2. The van der Waals surface area contributed by atoms with E-state index in [1.54, 1.807) is 4.31 Å². The first-order valence-corrected chi connectivity index (χ1v) is 9.27. The van der Waals surface area contributed by atoms with Crippen LogP contribution in [0.4, 0.5) is 0 Å². The van der Waals surface area contributed by atoms with Crippen molar-refractivity contribution in [3.8, 4) is 0 Å². The Morgan fingerprint density at radius 3 is 2.36 bits per heavy atom. The minimum atomic E-state index is -3.24. The Balaban J connectivity index is 1.75. The molecule has 0 aromatic heterocycles. The molecule has 1 aliphatic heterocycles. The van der Waals surface area contributed by atoms with E-state index in [-0.39, 0.29) is 11.8 Å². The highest BCUT2D eigenvalue weighted by Gasteiger charge is 2.31. The Kier molecular flexibility index (Phi) is 4.32. The first kappa shape index (κ1) is 15.3. The lowest BCUT2D eigenvalue weighted by Gasteiger charge is -2.33. The molecule has 1 heterocycles. The average molecular weight is 315 g/mol. The van der Waals surface area contributed by atoms with Gasteiger partial charge in [-0.25, -0.2) is 8.42 Å². The van der Waals surface area contributed by atoms with E-state index < -0.39 is 10.0 Å². The Hall–Kier alpha value is -1.65. The Labute approximate surface area is 132 Å². The zero-order valence-electron chi connectivity index (χ0n) is 12.8. The third-order valence-corrected chi connectivity index (χ3v) is 6.22. The van der Waals surface area contributed by atoms with Crippen LogP contribution in [-0.2, 0) is 29.4 Å². The maximum absolute atomic E-state index is 12.7. The standard InChI is InChI=1S/C18H21NO2S/c1-15-13-17-9-5-6-10-18(17)14-19(15)22(20,21)12-11-16-7-3-2-4-8-16/h2-10,15H,11-14H2,1H3. The van der Waals surface area contributed by atoms with E-state index >= 15 is 0 Å². The predicted molar refractivity (Wildman–Crippen MR) is 89.1 cm³/mol. The zero-order chi connectivity index (χ0) is 15.6. The highest BCUT2D eigenvalue weighted by molar-refractivity contribution is 7.89. The van der Waals surface area contributed by atoms with Crippen molar-refractivity contribution in [2.75, 3.05) is 5.75 Å². The molecular weight excluding hydrogens is 294 g/mol. The molecule has 2 aromatic rings. The molecule has 0 N–H and O–H groups in total. The van der Waals surface area contributed by atoms with Crippen molar-refractivity contribution >= 4 is 10.0 Å². The van der Waals surface area contributed by atoms with Gasteiger partial charge in [-0.05, 0) is 36.5 Å². The molecule has 0 fully saturated rings. The Bertz CT molecular complexity index is 741. The number of hydrogen-bond donors (Lipinski definition) is 0. The van der Waals surface area contributed by atoms with Gasteiger partial charge in [0, 0.05) is 12.6 Å². The summed E-state index contributed by atoms with van der Waals surface area (Å²) in [7, 11) is -3.24. The molecule has 3 rings (SSSR count). The summed E-state index contributed by atoms with van der Waals surface area (Å²) in [6, 6.07) is 17.9. The minimum Gasteiger partial charge on any atom is -0.212 e. The van der Waals surface area contributed by atoms with Crippen molar-refractivity contribution in [2.45, 2.75) is 32.4 Å². The van der Waals surface area contributed by atoms with Crippen LogP contribution in [0.1, 0.15) is 23.6 Å². The van der Waals surface area contributed by atoms with Crippen LogP contribution < -0.4 is 0 Å². The van der Waals surface area contributed by atoms with Crippen molar-refractivity contribution in [3.05, 3.63) is 71.3 Å². The smallest absolute Gasteiger partial charge is 0.212 e. The van der Waals surface area contributed by atoms with Crippen LogP contribution in [0.5, 0.6) is 0 Å². The van der Waals surface area contributed by atoms with Gasteiger partial charge in [0.1, 0.15) is 0 Å². The lowest BCUT2D eigenvalue weighted by Crippen LogP contribution is -2.43. The average Bonchev–Trinajstić information content (AvgIpc) is 2.53. The molecule has 0 bridgehead atoms. The molecule has 0 aliphatic carbocycles. The minimum absolute atomic E-state index is 0.0238. The summed E-state index contributed by atoms with van der Waals surface area (Å²) in [6.07, 6.45) is 1.36. The van der Waals surface area contributed by atoms with Crippen molar-refractivity contribution in [1.29, 1.82) is 0 Å². The topological polar surface area (TPSA) is 37.4 Å². The predicted octanol–water partition coefficient (Wildman–Crippen LogP) is 3.01. The molecule has 0 radical (unpaired) electrons. The van der Waals surface area contributed by atoms with Crippen LogP contribution in [0.25, 0.3) is 0 Å². The van der Waals surface area contributed by atoms with E-state index in [9.17, 15) is 8.42 Å². The van der Waals surface area contributed by atoms with Gasteiger partial charge < -0.3 is 0 Å². The maximum atomic E-state index is 12.7. The van der Waals surface area contributed by atoms with Crippen LogP contribution in [-0.4, -0.2) is 24.5 Å². The van der Waals surface area contributed by atoms with Gasteiger partial charge in [0.25, 0.3) is 0 Å². The summed E-state index contributed by atoms with van der Waals surface area (Å²) >= 11 is 0. The summed E-state index contributed by atoms with van der Waals surface area (Å²) in [5.41, 5.74) is 3.46. The Morgan fingerprint density at radius 1 is 1.00 bits per heavy atom. The van der Waals surface area contributed by atoms with Gasteiger partial charge >= 0.3 is 0 Å². The molecule has 0 spiro atoms. The molecule has 1 aliphatic rings. The van der Waals surface area contributed by atoms with Gasteiger partial charge in [-0.15, -0.1) is 0 Å². The summed E-state index contributed by atoms with van der Waals surface area (Å²) < 4.78 is 27.1. The van der Waals surface area contributed by atoms with E-state index in [1.807, 2.05) is 55.5 Å². The number of aryl methyl sites for hydroxylation is 1. The molecule has 1 unspecified atom stereocenters. The first-order chi connectivity index (χ1) is 10.6. The van der Waals surface area contributed by atoms with Crippen LogP contribution in [0.2, 0.25) is 0 Å². The van der Waals surface area contributed by atoms with Crippen molar-refractivity contribution in [1.82, 2.24) is 4.31 Å². The summed E-state index contributed by atoms with van der Waals surface area (Å²) in [5.74, 6) is 0.170. The van der Waals surface area contributed by atoms with Crippen LogP contribution in [0.15, 0.2) is 54.6 Å². The fraction of sp³-hybridized carbons (Fsp3) is 0.333. The van der Waals surface area contributed by atoms with Crippen LogP contribution in [0.3, 0.4) is 0 Å². The third-order valence-electron chi connectivity index (χ3n) is 4.30. The summed E-state index contributed by atoms with van der Waals surface area (Å²) in [6.45, 7) is 2.49. The van der Waals surface area contributed by atoms with Gasteiger partial charge in [-0.1, -0.05) is 54.6 Å². The molecule has 3 nitrogen and oxygen atoms in total. The van der Waals surface area contributed by atoms with Gasteiger partial charge in [0.05, 0.1) is 5.75 Å². The molecule has 0 saturated carbocycles. The lowest BCUT2D eigenvalue weighted by molar-refractivity contribution is 0.309. The molecule has 0 amide bonds. The van der Waals surface area contributed by atoms with Crippen molar-refractivity contribution < 1.29 is 8.42 Å². The van der Waals surface area contributed by atoms with E-state index in [2.05, 4.69) is 6.07 Å². The third kappa shape index (κ3) is 3.23. The van der Waals surface area contributed by atoms with Crippen molar-refractivity contribution in [2.24, 2.45) is 0 Å². The second-order valence-electron chi connectivity index (χ2n) is 5.92. The quantitative estimate of drug-likeness (QED) is 0.870. The van der Waals surface area contributed by atoms with Gasteiger partial charge in [-0.2, -0.15) is 4.31 Å². The number of nitrogens with zero attached hydrogens (tertiary/aromatic N) is 1. The van der Waals surface area contributed by atoms with Crippen molar-refractivity contribution in [3.63, 3.8) is 0 Å². The van der Waals surface area contributed by atoms with Gasteiger partial charge in [-0.3, -0.25) is 0 Å². The number of fused-ring (bicyclic) bond motifs is 1. The molecule has 0 saturated heterocycles. The van der Waals surface area contributed by atoms with E-state index in [0.717, 1.165) is 17.5 Å². The normalized spacial score (nSPS) is 18.9. The van der Waals surface area contributed by atoms with E-state index in [0.29, 0.717) is 13.0 Å². The fourth-order valence-electron chi connectivity index (χ4n) is 3.04. The monoisotopic (exact) mass is 315 g/mol. The lowest BCUT2D eigenvalue weighted by atomic mass is 9.97. The fourth-order valence-corrected chi connectivity index (χ4v) is 4.72. The first-order valence-electron chi connectivity index (χ1n) is 7.66. The molecular formula is C18H21NO2S. The number of benzene rings is 2. The molecule has 1 atom stereocenters. The van der Waals surface area contributed by atoms with Gasteiger partial charge in [0.2, 0.25) is 10.0 Å².